The van der Waals surface area contributed by atoms with E-state index in [1.54, 1.807) is 31.9 Å². The predicted octanol–water partition coefficient (Wildman–Crippen LogP) is 3.72. The Balaban J connectivity index is 1.74. The number of oxazole rings is 1. The first-order valence-electron chi connectivity index (χ1n) is 8.75. The second-order valence-corrected chi connectivity index (χ2v) is 6.91. The van der Waals surface area contributed by atoms with Crippen LogP contribution < -0.4 is 0 Å². The molecule has 0 bridgehead atoms. The van der Waals surface area contributed by atoms with E-state index in [-0.39, 0.29) is 17.8 Å². The van der Waals surface area contributed by atoms with Crippen molar-refractivity contribution < 1.29 is 22.4 Å². The van der Waals surface area contributed by atoms with Crippen LogP contribution in [0.25, 0.3) is 11.5 Å². The number of benzene rings is 1. The molecule has 1 atom stereocenters. The lowest BCUT2D eigenvalue weighted by atomic mass is 10.1. The van der Waals surface area contributed by atoms with E-state index in [1.807, 2.05) is 0 Å². The van der Waals surface area contributed by atoms with Crippen molar-refractivity contribution in [2.75, 3.05) is 20.1 Å². The van der Waals surface area contributed by atoms with Gasteiger partial charge in [-0.05, 0) is 31.5 Å². The maximum absolute atomic E-state index is 12.9. The van der Waals surface area contributed by atoms with E-state index >= 15 is 0 Å². The second kappa shape index (κ2) is 7.34. The molecule has 1 amide bonds. The molecule has 1 saturated heterocycles. The SMILES string of the molecule is CC(=O)N(C)[C@H]1CCN(Cc2nc(-c3cccc(C(F)(F)F)c3)oc2C)C1. The average molecular weight is 381 g/mol. The van der Waals surface area contributed by atoms with Crippen molar-refractivity contribution in [2.45, 2.75) is 39.0 Å². The zero-order valence-corrected chi connectivity index (χ0v) is 15.5. The van der Waals surface area contributed by atoms with Crippen molar-refractivity contribution in [3.63, 3.8) is 0 Å². The average Bonchev–Trinajstić information content (AvgIpc) is 3.21. The number of aromatic nitrogens is 1. The lowest BCUT2D eigenvalue weighted by Crippen LogP contribution is -2.37. The third-order valence-corrected chi connectivity index (χ3v) is 4.99. The fraction of sp³-hybridized carbons (Fsp3) is 0.474. The number of nitrogens with zero attached hydrogens (tertiary/aromatic N) is 3. The number of alkyl halides is 3. The molecule has 0 saturated carbocycles. The number of hydrogen-bond donors (Lipinski definition) is 0. The Morgan fingerprint density at radius 2 is 2.15 bits per heavy atom. The van der Waals surface area contributed by atoms with Crippen molar-refractivity contribution in [3.8, 4) is 11.5 Å². The van der Waals surface area contributed by atoms with Crippen molar-refractivity contribution >= 4 is 5.91 Å². The van der Waals surface area contributed by atoms with Crippen LogP contribution in [0.4, 0.5) is 13.2 Å². The molecule has 0 spiro atoms. The number of halogens is 3. The molecular weight excluding hydrogens is 359 g/mol. The first-order chi connectivity index (χ1) is 12.6. The van der Waals surface area contributed by atoms with Gasteiger partial charge >= 0.3 is 6.18 Å². The first-order valence-corrected chi connectivity index (χ1v) is 8.75. The predicted molar refractivity (Wildman–Crippen MR) is 93.8 cm³/mol. The van der Waals surface area contributed by atoms with E-state index < -0.39 is 11.7 Å². The van der Waals surface area contributed by atoms with Gasteiger partial charge in [-0.3, -0.25) is 9.69 Å². The van der Waals surface area contributed by atoms with Crippen LogP contribution in [0.1, 0.15) is 30.4 Å². The summed E-state index contributed by atoms with van der Waals surface area (Å²) in [7, 11) is 1.80. The summed E-state index contributed by atoms with van der Waals surface area (Å²) >= 11 is 0. The van der Waals surface area contributed by atoms with E-state index in [2.05, 4.69) is 9.88 Å². The topological polar surface area (TPSA) is 49.6 Å². The highest BCUT2D eigenvalue weighted by Crippen LogP contribution is 2.32. The first kappa shape index (κ1) is 19.4. The Hall–Kier alpha value is -2.35. The molecule has 8 heteroatoms. The summed E-state index contributed by atoms with van der Waals surface area (Å²) in [5.74, 6) is 0.808. The maximum Gasteiger partial charge on any atom is 0.416 e. The Labute approximate surface area is 155 Å². The van der Waals surface area contributed by atoms with E-state index in [4.69, 9.17) is 4.42 Å². The fourth-order valence-electron chi connectivity index (χ4n) is 3.27. The van der Waals surface area contributed by atoms with Gasteiger partial charge in [0.25, 0.3) is 0 Å². The van der Waals surface area contributed by atoms with E-state index in [0.717, 1.165) is 31.6 Å². The number of likely N-dealkylation sites (tertiary alicyclic amines) is 1. The molecule has 0 unspecified atom stereocenters. The third kappa shape index (κ3) is 4.32. The molecule has 1 aromatic heterocycles. The summed E-state index contributed by atoms with van der Waals surface area (Å²) in [5, 5.41) is 0. The summed E-state index contributed by atoms with van der Waals surface area (Å²) in [5.41, 5.74) is 0.274. The Morgan fingerprint density at radius 3 is 2.81 bits per heavy atom. The molecule has 2 aromatic rings. The molecular formula is C19H22F3N3O2. The van der Waals surface area contributed by atoms with Gasteiger partial charge in [-0.15, -0.1) is 0 Å². The smallest absolute Gasteiger partial charge is 0.416 e. The van der Waals surface area contributed by atoms with Crippen LogP contribution in [0.2, 0.25) is 0 Å². The summed E-state index contributed by atoms with van der Waals surface area (Å²) in [6, 6.07) is 5.13. The number of carbonyl (C=O) groups is 1. The Bertz CT molecular complexity index is 832. The van der Waals surface area contributed by atoms with Crippen LogP contribution in [-0.2, 0) is 17.5 Å². The minimum atomic E-state index is -4.41. The fourth-order valence-corrected chi connectivity index (χ4v) is 3.27. The highest BCUT2D eigenvalue weighted by atomic mass is 19.4. The van der Waals surface area contributed by atoms with Crippen molar-refractivity contribution in [1.29, 1.82) is 0 Å². The summed E-state index contributed by atoms with van der Waals surface area (Å²) in [6.45, 7) is 5.41. The van der Waals surface area contributed by atoms with Crippen LogP contribution in [0.15, 0.2) is 28.7 Å². The third-order valence-electron chi connectivity index (χ3n) is 4.99. The molecule has 0 aliphatic carbocycles. The molecule has 1 aliphatic rings. The molecule has 1 aliphatic heterocycles. The van der Waals surface area contributed by atoms with Crippen molar-refractivity contribution in [3.05, 3.63) is 41.3 Å². The van der Waals surface area contributed by atoms with Crippen LogP contribution in [0.5, 0.6) is 0 Å². The molecule has 3 rings (SSSR count). The van der Waals surface area contributed by atoms with Gasteiger partial charge in [-0.1, -0.05) is 6.07 Å². The minimum Gasteiger partial charge on any atom is -0.441 e. The molecule has 27 heavy (non-hydrogen) atoms. The van der Waals surface area contributed by atoms with Gasteiger partial charge in [-0.2, -0.15) is 13.2 Å². The highest BCUT2D eigenvalue weighted by molar-refractivity contribution is 5.73. The molecule has 1 fully saturated rings. The number of hydrogen-bond acceptors (Lipinski definition) is 4. The second-order valence-electron chi connectivity index (χ2n) is 6.91. The van der Waals surface area contributed by atoms with Crippen LogP contribution in [0, 0.1) is 6.92 Å². The number of carbonyl (C=O) groups excluding carboxylic acids is 1. The van der Waals surface area contributed by atoms with Gasteiger partial charge in [0, 0.05) is 45.2 Å². The van der Waals surface area contributed by atoms with Gasteiger partial charge < -0.3 is 9.32 Å². The lowest BCUT2D eigenvalue weighted by Gasteiger charge is -2.23. The van der Waals surface area contributed by atoms with Crippen molar-refractivity contribution in [2.24, 2.45) is 0 Å². The van der Waals surface area contributed by atoms with E-state index in [9.17, 15) is 18.0 Å². The minimum absolute atomic E-state index is 0.0336. The molecule has 0 radical (unpaired) electrons. The molecule has 2 heterocycles. The summed E-state index contributed by atoms with van der Waals surface area (Å²) in [4.78, 5) is 19.8. The van der Waals surface area contributed by atoms with Crippen LogP contribution in [-0.4, -0.2) is 46.9 Å². The summed E-state index contributed by atoms with van der Waals surface area (Å²) in [6.07, 6.45) is -3.53. The number of amides is 1. The molecule has 146 valence electrons. The standard InChI is InChI=1S/C19H22F3N3O2/c1-12-17(11-25-8-7-16(10-25)24(3)13(2)26)23-18(27-12)14-5-4-6-15(9-14)19(20,21)22/h4-6,9,16H,7-8,10-11H2,1-3H3/t16-/m0/s1. The molecule has 1 aromatic carbocycles. The van der Waals surface area contributed by atoms with E-state index in [1.165, 1.54) is 6.07 Å². The Morgan fingerprint density at radius 1 is 1.41 bits per heavy atom. The zero-order chi connectivity index (χ0) is 19.8. The largest absolute Gasteiger partial charge is 0.441 e. The monoisotopic (exact) mass is 381 g/mol. The zero-order valence-electron chi connectivity index (χ0n) is 15.5. The van der Waals surface area contributed by atoms with Crippen LogP contribution in [0.3, 0.4) is 0 Å². The quantitative estimate of drug-likeness (QED) is 0.810. The number of aryl methyl sites for hydroxylation is 1. The van der Waals surface area contributed by atoms with Crippen LogP contribution >= 0.6 is 0 Å². The highest BCUT2D eigenvalue weighted by Gasteiger charge is 2.31. The maximum atomic E-state index is 12.9. The normalized spacial score (nSPS) is 18.1. The van der Waals surface area contributed by atoms with Gasteiger partial charge in [-0.25, -0.2) is 4.98 Å². The summed E-state index contributed by atoms with van der Waals surface area (Å²) < 4.78 is 44.4. The number of likely N-dealkylation sites (N-methyl/N-ethyl adjacent to an activating group) is 1. The van der Waals surface area contributed by atoms with Gasteiger partial charge in [0.05, 0.1) is 11.3 Å². The number of rotatable bonds is 4. The van der Waals surface area contributed by atoms with Gasteiger partial charge in [0.1, 0.15) is 5.76 Å². The lowest BCUT2D eigenvalue weighted by molar-refractivity contribution is -0.137. The van der Waals surface area contributed by atoms with E-state index in [0.29, 0.717) is 23.6 Å². The Kier molecular flexibility index (Phi) is 5.28. The van der Waals surface area contributed by atoms with Gasteiger partial charge in [0.15, 0.2) is 0 Å². The molecule has 5 nitrogen and oxygen atoms in total. The van der Waals surface area contributed by atoms with Crippen molar-refractivity contribution in [1.82, 2.24) is 14.8 Å². The molecule has 0 N–H and O–H groups in total. The van der Waals surface area contributed by atoms with Gasteiger partial charge in [0.2, 0.25) is 11.8 Å².